The molecule has 12 heavy (non-hydrogen) atoms. The van der Waals surface area contributed by atoms with Crippen LogP contribution in [0.25, 0.3) is 0 Å². The molecule has 2 aliphatic rings. The van der Waals surface area contributed by atoms with Crippen molar-refractivity contribution in [3.8, 4) is 0 Å². The molecule has 0 aromatic carbocycles. The maximum atomic E-state index is 5.15. The molecule has 1 heterocycles. The third-order valence-electron chi connectivity index (χ3n) is 1.81. The molecule has 0 spiro atoms. The summed E-state index contributed by atoms with van der Waals surface area (Å²) in [5.41, 5.74) is 0. The van der Waals surface area contributed by atoms with Gasteiger partial charge in [-0.1, -0.05) is 24.3 Å². The molecule has 0 radical (unpaired) electrons. The molecular formula is C10H17NaO. The van der Waals surface area contributed by atoms with Crippen LogP contribution in [0.5, 0.6) is 0 Å². The van der Waals surface area contributed by atoms with E-state index in [1.54, 1.807) is 0 Å². The predicted molar refractivity (Wildman–Crippen MR) is 54.7 cm³/mol. The number of ether oxygens (including phenoxy) is 1. The summed E-state index contributed by atoms with van der Waals surface area (Å²) >= 11 is 0. The molecule has 0 bridgehead atoms. The Morgan fingerprint density at radius 1 is 1.25 bits per heavy atom. The molecule has 1 aliphatic heterocycles. The van der Waals surface area contributed by atoms with Gasteiger partial charge in [0.25, 0.3) is 0 Å². The summed E-state index contributed by atoms with van der Waals surface area (Å²) in [5.74, 6) is 0. The Kier molecular flexibility index (Phi) is 8.35. The van der Waals surface area contributed by atoms with Crippen LogP contribution >= 0.6 is 0 Å². The monoisotopic (exact) mass is 176 g/mol. The predicted octanol–water partition coefficient (Wildman–Crippen LogP) is 2.04. The van der Waals surface area contributed by atoms with Gasteiger partial charge in [-0.25, -0.2) is 0 Å². The minimum atomic E-state index is 0. The van der Waals surface area contributed by atoms with Gasteiger partial charge in [-0.3, -0.25) is 0 Å². The van der Waals surface area contributed by atoms with Gasteiger partial charge in [0, 0.05) is 6.61 Å². The van der Waals surface area contributed by atoms with Crippen molar-refractivity contribution in [2.45, 2.75) is 32.3 Å². The Morgan fingerprint density at radius 3 is 2.08 bits per heavy atom. The third kappa shape index (κ3) is 6.01. The zero-order valence-electron chi connectivity index (χ0n) is 7.12. The zero-order chi connectivity index (χ0) is 7.94. The van der Waals surface area contributed by atoms with E-state index in [0.717, 1.165) is 13.0 Å². The summed E-state index contributed by atoms with van der Waals surface area (Å²) < 4.78 is 5.15. The first kappa shape index (κ1) is 12.4. The van der Waals surface area contributed by atoms with E-state index >= 15 is 0 Å². The topological polar surface area (TPSA) is 9.23 Å². The molecule has 1 saturated heterocycles. The van der Waals surface area contributed by atoms with Crippen LogP contribution in [-0.4, -0.2) is 42.3 Å². The molecule has 1 nitrogen and oxygen atoms in total. The van der Waals surface area contributed by atoms with Gasteiger partial charge in [0.2, 0.25) is 0 Å². The number of hydrogen-bond donors (Lipinski definition) is 0. The van der Waals surface area contributed by atoms with E-state index in [1.807, 2.05) is 0 Å². The minimum absolute atomic E-state index is 0. The SMILES string of the molecule is C1=CCC=C1.CC1CCCO1.[NaH]. The number of allylic oxidation sites excluding steroid dienone is 4. The van der Waals surface area contributed by atoms with Crippen molar-refractivity contribution in [3.63, 3.8) is 0 Å². The molecule has 0 aromatic rings. The Labute approximate surface area is 97.2 Å². The van der Waals surface area contributed by atoms with Crippen molar-refractivity contribution >= 4 is 29.6 Å². The van der Waals surface area contributed by atoms with Crippen LogP contribution in [0, 0.1) is 0 Å². The summed E-state index contributed by atoms with van der Waals surface area (Å²) in [6.07, 6.45) is 12.6. The van der Waals surface area contributed by atoms with Crippen molar-refractivity contribution in [3.05, 3.63) is 24.3 Å². The van der Waals surface area contributed by atoms with Gasteiger partial charge in [0.15, 0.2) is 0 Å². The standard InChI is InChI=1S/C5H10O.C5H6.Na.H/c1-5-3-2-4-6-5;1-2-4-5-3-1;;/h5H,2-4H2,1H3;1-4H,5H2;;. The normalized spacial score (nSPS) is 24.6. The van der Waals surface area contributed by atoms with Crippen LogP contribution < -0.4 is 0 Å². The fourth-order valence-electron chi connectivity index (χ4n) is 1.13. The van der Waals surface area contributed by atoms with Gasteiger partial charge in [-0.15, -0.1) is 0 Å². The van der Waals surface area contributed by atoms with Gasteiger partial charge in [-0.05, 0) is 26.2 Å². The molecule has 0 aromatic heterocycles. The van der Waals surface area contributed by atoms with E-state index in [1.165, 1.54) is 12.8 Å². The summed E-state index contributed by atoms with van der Waals surface area (Å²) in [6.45, 7) is 3.11. The summed E-state index contributed by atoms with van der Waals surface area (Å²) in [4.78, 5) is 0. The molecule has 0 amide bonds. The zero-order valence-corrected chi connectivity index (χ0v) is 7.12. The van der Waals surface area contributed by atoms with Crippen LogP contribution in [0.1, 0.15) is 26.2 Å². The molecule has 1 unspecified atom stereocenters. The van der Waals surface area contributed by atoms with Gasteiger partial charge in [-0.2, -0.15) is 0 Å². The second kappa shape index (κ2) is 8.06. The Hall–Kier alpha value is 0.440. The van der Waals surface area contributed by atoms with Crippen molar-refractivity contribution in [1.29, 1.82) is 0 Å². The van der Waals surface area contributed by atoms with Crippen LogP contribution in [0.15, 0.2) is 24.3 Å². The maximum absolute atomic E-state index is 5.15. The molecule has 1 atom stereocenters. The Morgan fingerprint density at radius 2 is 1.92 bits per heavy atom. The van der Waals surface area contributed by atoms with Gasteiger partial charge in [0.05, 0.1) is 6.10 Å². The second-order valence-corrected chi connectivity index (χ2v) is 2.92. The third-order valence-corrected chi connectivity index (χ3v) is 1.81. The molecule has 0 saturated carbocycles. The van der Waals surface area contributed by atoms with Crippen molar-refractivity contribution in [2.75, 3.05) is 6.61 Å². The van der Waals surface area contributed by atoms with Crippen molar-refractivity contribution in [2.24, 2.45) is 0 Å². The Balaban J connectivity index is 0.000000189. The molecule has 1 fully saturated rings. The quantitative estimate of drug-likeness (QED) is 0.513. The molecule has 0 N–H and O–H groups in total. The Bertz CT molecular complexity index is 136. The van der Waals surface area contributed by atoms with Crippen molar-refractivity contribution < 1.29 is 4.74 Å². The molecule has 64 valence electrons. The van der Waals surface area contributed by atoms with Crippen molar-refractivity contribution in [1.82, 2.24) is 0 Å². The van der Waals surface area contributed by atoms with E-state index in [9.17, 15) is 0 Å². The van der Waals surface area contributed by atoms with E-state index in [0.29, 0.717) is 6.10 Å². The molecule has 2 heteroatoms. The first-order chi connectivity index (χ1) is 5.39. The van der Waals surface area contributed by atoms with E-state index in [-0.39, 0.29) is 29.6 Å². The molecule has 1 aliphatic carbocycles. The second-order valence-electron chi connectivity index (χ2n) is 2.92. The average Bonchev–Trinajstić information content (AvgIpc) is 2.57. The van der Waals surface area contributed by atoms with Gasteiger partial charge in [0.1, 0.15) is 0 Å². The number of hydrogen-bond acceptors (Lipinski definition) is 1. The summed E-state index contributed by atoms with van der Waals surface area (Å²) in [6, 6.07) is 0. The first-order valence-corrected chi connectivity index (χ1v) is 4.33. The summed E-state index contributed by atoms with van der Waals surface area (Å²) in [5, 5.41) is 0. The van der Waals surface area contributed by atoms with Crippen LogP contribution in [-0.2, 0) is 4.74 Å². The molecular weight excluding hydrogens is 159 g/mol. The fourth-order valence-corrected chi connectivity index (χ4v) is 1.13. The van der Waals surface area contributed by atoms with E-state index in [4.69, 9.17) is 4.74 Å². The van der Waals surface area contributed by atoms with Gasteiger partial charge >= 0.3 is 29.6 Å². The van der Waals surface area contributed by atoms with E-state index in [2.05, 4.69) is 31.2 Å². The fraction of sp³-hybridized carbons (Fsp3) is 0.600. The average molecular weight is 176 g/mol. The number of rotatable bonds is 0. The molecule has 2 rings (SSSR count). The van der Waals surface area contributed by atoms with Crippen LogP contribution in [0.2, 0.25) is 0 Å². The van der Waals surface area contributed by atoms with Crippen LogP contribution in [0.4, 0.5) is 0 Å². The van der Waals surface area contributed by atoms with E-state index < -0.39 is 0 Å². The van der Waals surface area contributed by atoms with Gasteiger partial charge < -0.3 is 4.74 Å². The summed E-state index contributed by atoms with van der Waals surface area (Å²) in [7, 11) is 0. The first-order valence-electron chi connectivity index (χ1n) is 4.33. The van der Waals surface area contributed by atoms with Crippen LogP contribution in [0.3, 0.4) is 0 Å².